The van der Waals surface area contributed by atoms with Crippen LogP contribution in [0.4, 0.5) is 4.79 Å². The summed E-state index contributed by atoms with van der Waals surface area (Å²) in [4.78, 5) is 52.0. The molecule has 0 spiro atoms. The van der Waals surface area contributed by atoms with Gasteiger partial charge < -0.3 is 26.2 Å². The molecule has 0 aromatic heterocycles. The monoisotopic (exact) mass is 407 g/mol. The first-order valence-electron chi connectivity index (χ1n) is 10.2. The summed E-state index contributed by atoms with van der Waals surface area (Å²) in [6.07, 6.45) is 7.21. The van der Waals surface area contributed by atoms with Crippen LogP contribution < -0.4 is 16.4 Å². The van der Waals surface area contributed by atoms with E-state index in [1.807, 2.05) is 0 Å². The second-order valence-electron chi connectivity index (χ2n) is 8.21. The number of hydrogen-bond acceptors (Lipinski definition) is 4. The van der Waals surface area contributed by atoms with E-state index in [-0.39, 0.29) is 24.5 Å². The lowest BCUT2D eigenvalue weighted by Crippen LogP contribution is -2.57. The molecule has 4 N–H and O–H groups in total. The molecule has 1 heterocycles. The first kappa shape index (κ1) is 22.7. The molecule has 0 aromatic carbocycles. The molecule has 2 unspecified atom stereocenters. The number of nitrogens with two attached hydrogens (primary N) is 1. The van der Waals surface area contributed by atoms with E-state index in [4.69, 9.17) is 5.73 Å². The number of primary amides is 1. The Balaban J connectivity index is 2.12. The van der Waals surface area contributed by atoms with Crippen molar-refractivity contribution in [2.24, 2.45) is 5.73 Å². The molecule has 2 aliphatic rings. The summed E-state index contributed by atoms with van der Waals surface area (Å²) in [6, 6.07) is -1.59. The number of carbonyl (C=O) groups is 4. The maximum Gasteiger partial charge on any atom is 0.315 e. The molecule has 0 radical (unpaired) electrons. The van der Waals surface area contributed by atoms with Gasteiger partial charge in [-0.1, -0.05) is 24.8 Å². The number of amides is 5. The zero-order valence-corrected chi connectivity index (χ0v) is 17.6. The molecule has 0 aromatic rings. The summed E-state index contributed by atoms with van der Waals surface area (Å²) in [5.41, 5.74) is 6.02. The Bertz CT molecular complexity index is 668. The van der Waals surface area contributed by atoms with Gasteiger partial charge in [0.25, 0.3) is 0 Å². The third kappa shape index (κ3) is 6.47. The molecule has 9 nitrogen and oxygen atoms in total. The number of hydrogen-bond donors (Lipinski definition) is 3. The minimum atomic E-state index is -0.875. The molecule has 2 rings (SSSR count). The third-order valence-electron chi connectivity index (χ3n) is 5.37. The van der Waals surface area contributed by atoms with Crippen molar-refractivity contribution in [3.8, 4) is 0 Å². The van der Waals surface area contributed by atoms with Crippen molar-refractivity contribution in [1.29, 1.82) is 0 Å². The van der Waals surface area contributed by atoms with E-state index in [0.717, 1.165) is 31.3 Å². The summed E-state index contributed by atoms with van der Waals surface area (Å²) >= 11 is 0. The van der Waals surface area contributed by atoms with Crippen molar-refractivity contribution < 1.29 is 19.2 Å². The largest absolute Gasteiger partial charge is 0.368 e. The van der Waals surface area contributed by atoms with Gasteiger partial charge in [-0.05, 0) is 33.1 Å². The summed E-state index contributed by atoms with van der Waals surface area (Å²) < 4.78 is 0. The minimum Gasteiger partial charge on any atom is -0.368 e. The zero-order chi connectivity index (χ0) is 21.6. The predicted molar refractivity (Wildman–Crippen MR) is 109 cm³/mol. The average molecular weight is 408 g/mol. The number of likely N-dealkylation sites (tertiary alicyclic amines) is 1. The maximum atomic E-state index is 13.0. The van der Waals surface area contributed by atoms with Gasteiger partial charge in [0.1, 0.15) is 6.04 Å². The van der Waals surface area contributed by atoms with Gasteiger partial charge in [-0.25, -0.2) is 4.79 Å². The lowest BCUT2D eigenvalue weighted by molar-refractivity contribution is -0.142. The standard InChI is InChI=1S/C20H33N5O4/c1-13(2)11-17(27)25-10-9-15(18(25)19(28)24(3)12-16(21)26)23-20(29)22-14-7-5-4-6-8-14/h11,14-15,18H,4-10,12H2,1-3H3,(H2,21,26)(H2,22,23,29). The number of rotatable bonds is 6. The SMILES string of the molecule is CC(C)=CC(=O)N1CCC(NC(=O)NC2CCCCC2)C1C(=O)N(C)CC(N)=O. The van der Waals surface area contributed by atoms with E-state index in [9.17, 15) is 19.2 Å². The second-order valence-corrected chi connectivity index (χ2v) is 8.21. The third-order valence-corrected chi connectivity index (χ3v) is 5.37. The van der Waals surface area contributed by atoms with Gasteiger partial charge in [0.05, 0.1) is 12.6 Å². The van der Waals surface area contributed by atoms with Gasteiger partial charge in [0.15, 0.2) is 0 Å². The van der Waals surface area contributed by atoms with Crippen LogP contribution in [-0.2, 0) is 14.4 Å². The molecule has 1 aliphatic carbocycles. The number of urea groups is 1. The van der Waals surface area contributed by atoms with Gasteiger partial charge in [0.2, 0.25) is 17.7 Å². The highest BCUT2D eigenvalue weighted by atomic mass is 16.2. The summed E-state index contributed by atoms with van der Waals surface area (Å²) in [6.45, 7) is 3.70. The minimum absolute atomic E-state index is 0.139. The first-order valence-corrected chi connectivity index (χ1v) is 10.2. The van der Waals surface area contributed by atoms with Crippen LogP contribution >= 0.6 is 0 Å². The Morgan fingerprint density at radius 1 is 1.07 bits per heavy atom. The highest BCUT2D eigenvalue weighted by molar-refractivity contribution is 5.95. The fourth-order valence-corrected chi connectivity index (χ4v) is 4.01. The van der Waals surface area contributed by atoms with E-state index < -0.39 is 23.9 Å². The molecule has 2 atom stereocenters. The lowest BCUT2D eigenvalue weighted by atomic mass is 9.96. The Hall–Kier alpha value is -2.58. The maximum absolute atomic E-state index is 13.0. The van der Waals surface area contributed by atoms with Crippen LogP contribution in [0.15, 0.2) is 11.6 Å². The van der Waals surface area contributed by atoms with Gasteiger partial charge in [0, 0.05) is 25.7 Å². The van der Waals surface area contributed by atoms with Gasteiger partial charge >= 0.3 is 6.03 Å². The molecule has 5 amide bonds. The molecular weight excluding hydrogens is 374 g/mol. The second kappa shape index (κ2) is 10.3. The van der Waals surface area contributed by atoms with Crippen LogP contribution in [0.5, 0.6) is 0 Å². The van der Waals surface area contributed by atoms with Crippen LogP contribution in [0.25, 0.3) is 0 Å². The molecule has 1 saturated carbocycles. The Morgan fingerprint density at radius 2 is 1.72 bits per heavy atom. The average Bonchev–Trinajstić information content (AvgIpc) is 3.04. The number of likely N-dealkylation sites (N-methyl/N-ethyl adjacent to an activating group) is 1. The summed E-state index contributed by atoms with van der Waals surface area (Å²) in [5, 5.41) is 5.85. The fourth-order valence-electron chi connectivity index (χ4n) is 4.01. The molecule has 2 fully saturated rings. The fraction of sp³-hybridized carbons (Fsp3) is 0.700. The van der Waals surface area contributed by atoms with E-state index in [1.165, 1.54) is 29.3 Å². The van der Waals surface area contributed by atoms with Gasteiger partial charge in [-0.3, -0.25) is 14.4 Å². The zero-order valence-electron chi connectivity index (χ0n) is 17.6. The van der Waals surface area contributed by atoms with Crippen LogP contribution in [0.1, 0.15) is 52.4 Å². The Labute approximate surface area is 172 Å². The van der Waals surface area contributed by atoms with Crippen LogP contribution in [-0.4, -0.2) is 71.8 Å². The Morgan fingerprint density at radius 3 is 2.31 bits per heavy atom. The van der Waals surface area contributed by atoms with E-state index >= 15 is 0 Å². The number of nitrogens with zero attached hydrogens (tertiary/aromatic N) is 2. The highest BCUT2D eigenvalue weighted by Crippen LogP contribution is 2.22. The molecule has 0 bridgehead atoms. The van der Waals surface area contributed by atoms with Crippen molar-refractivity contribution in [3.05, 3.63) is 11.6 Å². The van der Waals surface area contributed by atoms with E-state index in [0.29, 0.717) is 13.0 Å². The van der Waals surface area contributed by atoms with Crippen molar-refractivity contribution in [3.63, 3.8) is 0 Å². The Kier molecular flexibility index (Phi) is 8.04. The highest BCUT2D eigenvalue weighted by Gasteiger charge is 2.43. The molecule has 29 heavy (non-hydrogen) atoms. The van der Waals surface area contributed by atoms with Crippen molar-refractivity contribution in [1.82, 2.24) is 20.4 Å². The van der Waals surface area contributed by atoms with Crippen molar-refractivity contribution in [2.45, 2.75) is 70.5 Å². The molecular formula is C20H33N5O4. The molecule has 162 valence electrons. The van der Waals surface area contributed by atoms with E-state index in [2.05, 4.69) is 10.6 Å². The molecule has 1 aliphatic heterocycles. The predicted octanol–water partition coefficient (Wildman–Crippen LogP) is 0.498. The normalized spacial score (nSPS) is 22.0. The lowest BCUT2D eigenvalue weighted by Gasteiger charge is -2.31. The van der Waals surface area contributed by atoms with Crippen LogP contribution in [0.2, 0.25) is 0 Å². The summed E-state index contributed by atoms with van der Waals surface area (Å²) in [5.74, 6) is -1.34. The topological polar surface area (TPSA) is 125 Å². The molecule has 1 saturated heterocycles. The van der Waals surface area contributed by atoms with Crippen molar-refractivity contribution in [2.75, 3.05) is 20.1 Å². The first-order chi connectivity index (χ1) is 13.7. The van der Waals surface area contributed by atoms with Crippen molar-refractivity contribution >= 4 is 23.8 Å². The smallest absolute Gasteiger partial charge is 0.315 e. The number of carbonyl (C=O) groups excluding carboxylic acids is 4. The van der Waals surface area contributed by atoms with E-state index in [1.54, 1.807) is 13.8 Å². The van der Waals surface area contributed by atoms with Gasteiger partial charge in [-0.2, -0.15) is 0 Å². The quantitative estimate of drug-likeness (QED) is 0.554. The van der Waals surface area contributed by atoms with Crippen LogP contribution in [0.3, 0.4) is 0 Å². The van der Waals surface area contributed by atoms with Gasteiger partial charge in [-0.15, -0.1) is 0 Å². The van der Waals surface area contributed by atoms with Crippen LogP contribution in [0, 0.1) is 0 Å². The summed E-state index contributed by atoms with van der Waals surface area (Å²) in [7, 11) is 1.47. The number of nitrogens with one attached hydrogen (secondary N) is 2. The molecule has 9 heteroatoms. The number of allylic oxidation sites excluding steroid dienone is 1.